The van der Waals surface area contributed by atoms with Crippen LogP contribution in [0.4, 0.5) is 4.39 Å². The molecule has 1 aromatic carbocycles. The molecule has 2 aliphatic rings. The van der Waals surface area contributed by atoms with E-state index in [9.17, 15) is 12.8 Å². The number of benzene rings is 1. The average molecular weight is 312 g/mol. The Morgan fingerprint density at radius 3 is 2.43 bits per heavy atom. The molecule has 1 saturated carbocycles. The first-order valence-corrected chi connectivity index (χ1v) is 8.99. The third-order valence-corrected chi connectivity index (χ3v) is 6.23. The van der Waals surface area contributed by atoms with E-state index in [1.54, 1.807) is 6.07 Å². The minimum absolute atomic E-state index is 0.209. The first-order valence-electron chi connectivity index (χ1n) is 7.55. The number of nitrogens with zero attached hydrogens (tertiary/aromatic N) is 1. The van der Waals surface area contributed by atoms with Crippen molar-refractivity contribution in [1.29, 1.82) is 0 Å². The third kappa shape index (κ3) is 3.44. The Kier molecular flexibility index (Phi) is 4.28. The van der Waals surface area contributed by atoms with Crippen LogP contribution in [0.3, 0.4) is 0 Å². The lowest BCUT2D eigenvalue weighted by Crippen LogP contribution is -2.41. The fraction of sp³-hybridized carbons (Fsp3) is 0.600. The van der Waals surface area contributed by atoms with Gasteiger partial charge in [0.2, 0.25) is 10.0 Å². The Hall–Kier alpha value is -0.980. The highest BCUT2D eigenvalue weighted by Crippen LogP contribution is 2.26. The van der Waals surface area contributed by atoms with Crippen LogP contribution in [0.25, 0.3) is 0 Å². The zero-order valence-electron chi connectivity index (χ0n) is 12.0. The van der Waals surface area contributed by atoms with E-state index in [0.29, 0.717) is 25.0 Å². The van der Waals surface area contributed by atoms with Crippen LogP contribution >= 0.6 is 0 Å². The molecule has 4 nitrogen and oxygen atoms in total. The molecule has 0 spiro atoms. The van der Waals surface area contributed by atoms with Crippen molar-refractivity contribution in [3.05, 3.63) is 30.1 Å². The molecule has 0 radical (unpaired) electrons. The Morgan fingerprint density at radius 2 is 1.81 bits per heavy atom. The first kappa shape index (κ1) is 14.9. The zero-order valence-corrected chi connectivity index (χ0v) is 12.8. The molecule has 116 valence electrons. The van der Waals surface area contributed by atoms with E-state index in [4.69, 9.17) is 0 Å². The fourth-order valence-corrected chi connectivity index (χ4v) is 4.30. The third-order valence-electron chi connectivity index (χ3n) is 4.30. The monoisotopic (exact) mass is 312 g/mol. The smallest absolute Gasteiger partial charge is 0.245 e. The lowest BCUT2D eigenvalue weighted by atomic mass is 9.98. The number of piperidine rings is 1. The second-order valence-electron chi connectivity index (χ2n) is 5.96. The van der Waals surface area contributed by atoms with Crippen LogP contribution in [0.2, 0.25) is 0 Å². The number of halogens is 1. The Balaban J connectivity index is 1.61. The summed E-state index contributed by atoms with van der Waals surface area (Å²) in [5, 5.41) is 3.49. The normalized spacial score (nSPS) is 21.6. The van der Waals surface area contributed by atoms with Crippen molar-refractivity contribution < 1.29 is 12.8 Å². The van der Waals surface area contributed by atoms with Crippen LogP contribution in [0.1, 0.15) is 25.7 Å². The number of sulfonamides is 1. The second-order valence-corrected chi connectivity index (χ2v) is 7.87. The maximum atomic E-state index is 13.7. The summed E-state index contributed by atoms with van der Waals surface area (Å²) in [6.07, 6.45) is 4.21. The number of rotatable bonds is 5. The summed E-state index contributed by atoms with van der Waals surface area (Å²) in [4.78, 5) is -0.209. The molecule has 0 atom stereocenters. The van der Waals surface area contributed by atoms with Crippen LogP contribution < -0.4 is 5.32 Å². The van der Waals surface area contributed by atoms with Crippen molar-refractivity contribution in [1.82, 2.24) is 9.62 Å². The van der Waals surface area contributed by atoms with Gasteiger partial charge < -0.3 is 5.32 Å². The molecule has 1 saturated heterocycles. The molecular formula is C15H21FN2O2S. The van der Waals surface area contributed by atoms with E-state index in [0.717, 1.165) is 19.4 Å². The van der Waals surface area contributed by atoms with Gasteiger partial charge in [-0.15, -0.1) is 0 Å². The standard InChI is InChI=1S/C15H21FN2O2S/c16-14-3-1-2-4-15(14)21(19,20)18-9-7-12(8-10-18)11-17-13-5-6-13/h1-4,12-13,17H,5-11H2. The Labute approximate surface area is 125 Å². The molecule has 2 fully saturated rings. The largest absolute Gasteiger partial charge is 0.314 e. The molecule has 0 unspecified atom stereocenters. The Morgan fingerprint density at radius 1 is 1.14 bits per heavy atom. The van der Waals surface area contributed by atoms with Crippen molar-refractivity contribution in [3.8, 4) is 0 Å². The maximum Gasteiger partial charge on any atom is 0.245 e. The summed E-state index contributed by atoms with van der Waals surface area (Å²) in [6.45, 7) is 1.93. The van der Waals surface area contributed by atoms with Gasteiger partial charge in [0.15, 0.2) is 0 Å². The van der Waals surface area contributed by atoms with E-state index >= 15 is 0 Å². The van der Waals surface area contributed by atoms with Gasteiger partial charge in [-0.05, 0) is 50.3 Å². The van der Waals surface area contributed by atoms with Crippen LogP contribution in [0.15, 0.2) is 29.2 Å². The predicted molar refractivity (Wildman–Crippen MR) is 78.9 cm³/mol. The van der Waals surface area contributed by atoms with Gasteiger partial charge in [0.05, 0.1) is 0 Å². The van der Waals surface area contributed by atoms with Crippen molar-refractivity contribution in [2.45, 2.75) is 36.6 Å². The van der Waals surface area contributed by atoms with Gasteiger partial charge in [-0.1, -0.05) is 12.1 Å². The highest BCUT2D eigenvalue weighted by atomic mass is 32.2. The second kappa shape index (κ2) is 6.02. The average Bonchev–Trinajstić information content (AvgIpc) is 3.30. The molecule has 0 amide bonds. The summed E-state index contributed by atoms with van der Waals surface area (Å²) >= 11 is 0. The molecule has 3 rings (SSSR count). The SMILES string of the molecule is O=S(=O)(c1ccccc1F)N1CCC(CNC2CC2)CC1. The Bertz CT molecular complexity index is 593. The molecule has 1 aliphatic heterocycles. The molecule has 6 heteroatoms. The number of hydrogen-bond acceptors (Lipinski definition) is 3. The number of nitrogens with one attached hydrogen (secondary N) is 1. The molecule has 1 aromatic rings. The minimum Gasteiger partial charge on any atom is -0.314 e. The molecule has 0 aromatic heterocycles. The van der Waals surface area contributed by atoms with Crippen molar-refractivity contribution in [2.24, 2.45) is 5.92 Å². The van der Waals surface area contributed by atoms with Gasteiger partial charge in [0.1, 0.15) is 10.7 Å². The van der Waals surface area contributed by atoms with Gasteiger partial charge in [0.25, 0.3) is 0 Å². The maximum absolute atomic E-state index is 13.7. The predicted octanol–water partition coefficient (Wildman–Crippen LogP) is 1.98. The van der Waals surface area contributed by atoms with E-state index in [2.05, 4.69) is 5.32 Å². The van der Waals surface area contributed by atoms with Crippen molar-refractivity contribution >= 4 is 10.0 Å². The molecule has 1 heterocycles. The fourth-order valence-electron chi connectivity index (χ4n) is 2.77. The highest BCUT2D eigenvalue weighted by Gasteiger charge is 2.31. The summed E-state index contributed by atoms with van der Waals surface area (Å²) in [5.74, 6) is -0.146. The topological polar surface area (TPSA) is 49.4 Å². The highest BCUT2D eigenvalue weighted by molar-refractivity contribution is 7.89. The molecule has 0 bridgehead atoms. The van der Waals surface area contributed by atoms with Crippen molar-refractivity contribution in [2.75, 3.05) is 19.6 Å². The van der Waals surface area contributed by atoms with Crippen LogP contribution in [-0.4, -0.2) is 38.4 Å². The minimum atomic E-state index is -3.70. The molecular weight excluding hydrogens is 291 g/mol. The molecule has 1 N–H and O–H groups in total. The van der Waals surface area contributed by atoms with Crippen molar-refractivity contribution in [3.63, 3.8) is 0 Å². The lowest BCUT2D eigenvalue weighted by molar-refractivity contribution is 0.266. The zero-order chi connectivity index (χ0) is 14.9. The number of hydrogen-bond donors (Lipinski definition) is 1. The van der Waals surface area contributed by atoms with Gasteiger partial charge >= 0.3 is 0 Å². The summed E-state index contributed by atoms with van der Waals surface area (Å²) < 4.78 is 40.1. The molecule has 1 aliphatic carbocycles. The first-order chi connectivity index (χ1) is 10.1. The van der Waals surface area contributed by atoms with Gasteiger partial charge in [0, 0.05) is 19.1 Å². The van der Waals surface area contributed by atoms with Gasteiger partial charge in [-0.2, -0.15) is 4.31 Å². The quantitative estimate of drug-likeness (QED) is 0.904. The molecule has 21 heavy (non-hydrogen) atoms. The van der Waals surface area contributed by atoms with E-state index in [1.807, 2.05) is 0 Å². The van der Waals surface area contributed by atoms with Gasteiger partial charge in [-0.25, -0.2) is 12.8 Å². The van der Waals surface area contributed by atoms with Crippen LogP contribution in [0.5, 0.6) is 0 Å². The lowest BCUT2D eigenvalue weighted by Gasteiger charge is -2.31. The van der Waals surface area contributed by atoms with Crippen LogP contribution in [-0.2, 0) is 10.0 Å². The van der Waals surface area contributed by atoms with E-state index in [-0.39, 0.29) is 4.90 Å². The summed E-state index contributed by atoms with van der Waals surface area (Å²) in [5.41, 5.74) is 0. The van der Waals surface area contributed by atoms with E-state index < -0.39 is 15.8 Å². The van der Waals surface area contributed by atoms with Crippen LogP contribution in [0, 0.1) is 11.7 Å². The summed E-state index contributed by atoms with van der Waals surface area (Å²) in [7, 11) is -3.70. The van der Waals surface area contributed by atoms with Gasteiger partial charge in [-0.3, -0.25) is 0 Å². The summed E-state index contributed by atoms with van der Waals surface area (Å²) in [6, 6.07) is 6.28. The van der Waals surface area contributed by atoms with E-state index in [1.165, 1.54) is 35.3 Å².